The van der Waals surface area contributed by atoms with Crippen LogP contribution in [0.2, 0.25) is 0 Å². The predicted octanol–water partition coefficient (Wildman–Crippen LogP) is 3.24. The zero-order chi connectivity index (χ0) is 15.9. The quantitative estimate of drug-likeness (QED) is 0.355. The van der Waals surface area contributed by atoms with E-state index in [1.165, 1.54) is 7.11 Å². The fraction of sp³-hybridized carbons (Fsp3) is 0.118. The standard InChI is InChI=1S/C17H15NO4/c1-22-16-9-5-8-14(11-16)17(19)15(12-18(20)21)10-13-6-3-2-4-7-13/h2-11H,12H2,1H3/b15-10+. The highest BCUT2D eigenvalue weighted by molar-refractivity contribution is 6.11. The molecule has 0 radical (unpaired) electrons. The first kappa shape index (κ1) is 15.4. The van der Waals surface area contributed by atoms with Crippen LogP contribution in [0.25, 0.3) is 6.08 Å². The van der Waals surface area contributed by atoms with Gasteiger partial charge in [-0.3, -0.25) is 14.9 Å². The van der Waals surface area contributed by atoms with Crippen molar-refractivity contribution in [2.24, 2.45) is 0 Å². The molecular formula is C17H15NO4. The monoisotopic (exact) mass is 297 g/mol. The van der Waals surface area contributed by atoms with Crippen molar-refractivity contribution in [3.63, 3.8) is 0 Å². The summed E-state index contributed by atoms with van der Waals surface area (Å²) in [5, 5.41) is 10.8. The Labute approximate surface area is 128 Å². The molecule has 0 aromatic heterocycles. The van der Waals surface area contributed by atoms with Crippen LogP contribution in [0.4, 0.5) is 0 Å². The number of carbonyl (C=O) groups excluding carboxylic acids is 1. The van der Waals surface area contributed by atoms with E-state index < -0.39 is 11.5 Å². The van der Waals surface area contributed by atoms with Gasteiger partial charge in [-0.05, 0) is 23.8 Å². The topological polar surface area (TPSA) is 69.4 Å². The molecular weight excluding hydrogens is 282 g/mol. The van der Waals surface area contributed by atoms with Gasteiger partial charge in [0, 0.05) is 10.5 Å². The van der Waals surface area contributed by atoms with Gasteiger partial charge in [-0.1, -0.05) is 42.5 Å². The molecule has 0 unspecified atom stereocenters. The van der Waals surface area contributed by atoms with Gasteiger partial charge in [-0.15, -0.1) is 0 Å². The van der Waals surface area contributed by atoms with Crippen LogP contribution in [0, 0.1) is 10.1 Å². The van der Waals surface area contributed by atoms with E-state index in [4.69, 9.17) is 4.74 Å². The molecule has 0 aliphatic carbocycles. The van der Waals surface area contributed by atoms with E-state index in [1.54, 1.807) is 42.5 Å². The van der Waals surface area contributed by atoms with Gasteiger partial charge in [0.25, 0.3) is 0 Å². The fourth-order valence-electron chi connectivity index (χ4n) is 2.02. The van der Waals surface area contributed by atoms with E-state index in [9.17, 15) is 14.9 Å². The summed E-state index contributed by atoms with van der Waals surface area (Å²) in [5.41, 5.74) is 1.24. The highest BCUT2D eigenvalue weighted by Gasteiger charge is 2.18. The van der Waals surface area contributed by atoms with Gasteiger partial charge >= 0.3 is 0 Å². The van der Waals surface area contributed by atoms with Crippen molar-refractivity contribution in [1.29, 1.82) is 0 Å². The maximum absolute atomic E-state index is 12.5. The minimum absolute atomic E-state index is 0.129. The molecule has 5 heteroatoms. The molecule has 112 valence electrons. The van der Waals surface area contributed by atoms with Gasteiger partial charge in [0.1, 0.15) is 5.75 Å². The second-order valence-electron chi connectivity index (χ2n) is 4.63. The molecule has 2 aromatic rings. The number of nitrogens with zero attached hydrogens (tertiary/aromatic N) is 1. The third kappa shape index (κ3) is 4.02. The van der Waals surface area contributed by atoms with Crippen LogP contribution in [0.15, 0.2) is 60.2 Å². The normalized spacial score (nSPS) is 11.0. The lowest BCUT2D eigenvalue weighted by Gasteiger charge is -2.05. The van der Waals surface area contributed by atoms with E-state index in [2.05, 4.69) is 0 Å². The number of ether oxygens (including phenoxy) is 1. The summed E-state index contributed by atoms with van der Waals surface area (Å²) in [4.78, 5) is 22.9. The summed E-state index contributed by atoms with van der Waals surface area (Å²) in [6, 6.07) is 15.6. The van der Waals surface area contributed by atoms with Crippen LogP contribution in [0.5, 0.6) is 5.75 Å². The second kappa shape index (κ2) is 7.17. The van der Waals surface area contributed by atoms with Crippen LogP contribution < -0.4 is 4.74 Å². The molecule has 0 N–H and O–H groups in total. The first-order valence-corrected chi connectivity index (χ1v) is 6.66. The van der Waals surface area contributed by atoms with Crippen molar-refractivity contribution in [3.8, 4) is 5.75 Å². The molecule has 22 heavy (non-hydrogen) atoms. The molecule has 0 fully saturated rings. The summed E-state index contributed by atoms with van der Waals surface area (Å²) < 4.78 is 5.08. The molecule has 0 spiro atoms. The number of hydrogen-bond donors (Lipinski definition) is 0. The van der Waals surface area contributed by atoms with Crippen molar-refractivity contribution in [3.05, 3.63) is 81.4 Å². The summed E-state index contributed by atoms with van der Waals surface area (Å²) in [6.45, 7) is -0.523. The fourth-order valence-corrected chi connectivity index (χ4v) is 2.02. The third-order valence-electron chi connectivity index (χ3n) is 3.06. The average Bonchev–Trinajstić information content (AvgIpc) is 2.54. The van der Waals surface area contributed by atoms with E-state index in [1.807, 2.05) is 18.2 Å². The van der Waals surface area contributed by atoms with Crippen molar-refractivity contribution in [2.75, 3.05) is 13.7 Å². The summed E-state index contributed by atoms with van der Waals surface area (Å²) >= 11 is 0. The van der Waals surface area contributed by atoms with Gasteiger partial charge in [0.05, 0.1) is 12.7 Å². The van der Waals surface area contributed by atoms with Crippen LogP contribution in [0.3, 0.4) is 0 Å². The van der Waals surface area contributed by atoms with Crippen molar-refractivity contribution >= 4 is 11.9 Å². The number of ketones is 1. The Kier molecular flexibility index (Phi) is 5.03. The Morgan fingerprint density at radius 1 is 1.18 bits per heavy atom. The highest BCUT2D eigenvalue weighted by Crippen LogP contribution is 2.18. The number of benzene rings is 2. The van der Waals surface area contributed by atoms with Gasteiger partial charge in [0.15, 0.2) is 5.78 Å². The summed E-state index contributed by atoms with van der Waals surface area (Å²) in [7, 11) is 1.50. The third-order valence-corrected chi connectivity index (χ3v) is 3.06. The van der Waals surface area contributed by atoms with E-state index in [0.29, 0.717) is 11.3 Å². The Morgan fingerprint density at radius 2 is 1.91 bits per heavy atom. The molecule has 0 amide bonds. The number of rotatable bonds is 6. The largest absolute Gasteiger partial charge is 0.497 e. The highest BCUT2D eigenvalue weighted by atomic mass is 16.6. The van der Waals surface area contributed by atoms with Crippen molar-refractivity contribution in [2.45, 2.75) is 0 Å². The molecule has 2 aromatic carbocycles. The van der Waals surface area contributed by atoms with E-state index in [0.717, 1.165) is 5.56 Å². The molecule has 0 atom stereocenters. The Bertz CT molecular complexity index is 708. The molecule has 0 aliphatic heterocycles. The summed E-state index contributed by atoms with van der Waals surface area (Å²) in [6.07, 6.45) is 1.55. The Hall–Kier alpha value is -2.95. The number of Topliss-reactive ketones (excluding diaryl/α,β-unsaturated/α-hetero) is 1. The number of carbonyl (C=O) groups is 1. The number of nitro groups is 1. The molecule has 2 rings (SSSR count). The Morgan fingerprint density at radius 3 is 2.55 bits per heavy atom. The average molecular weight is 297 g/mol. The van der Waals surface area contributed by atoms with Gasteiger partial charge in [0.2, 0.25) is 6.54 Å². The van der Waals surface area contributed by atoms with Crippen molar-refractivity contribution < 1.29 is 14.5 Å². The van der Waals surface area contributed by atoms with Gasteiger partial charge in [-0.25, -0.2) is 0 Å². The van der Waals surface area contributed by atoms with Crippen LogP contribution in [0.1, 0.15) is 15.9 Å². The first-order chi connectivity index (χ1) is 10.6. The van der Waals surface area contributed by atoms with E-state index >= 15 is 0 Å². The molecule has 5 nitrogen and oxygen atoms in total. The van der Waals surface area contributed by atoms with Crippen LogP contribution >= 0.6 is 0 Å². The molecule has 0 saturated carbocycles. The van der Waals surface area contributed by atoms with Gasteiger partial charge < -0.3 is 4.74 Å². The molecule has 0 bridgehead atoms. The maximum Gasteiger partial charge on any atom is 0.232 e. The van der Waals surface area contributed by atoms with Crippen LogP contribution in [-0.2, 0) is 0 Å². The molecule has 0 aliphatic rings. The zero-order valence-corrected chi connectivity index (χ0v) is 12.1. The maximum atomic E-state index is 12.5. The molecule has 0 saturated heterocycles. The zero-order valence-electron chi connectivity index (χ0n) is 12.1. The SMILES string of the molecule is COc1cccc(C(=O)/C(=C/c2ccccc2)C[N+](=O)[O-])c1. The lowest BCUT2D eigenvalue weighted by atomic mass is 10.0. The lowest BCUT2D eigenvalue weighted by Crippen LogP contribution is -2.13. The molecule has 0 heterocycles. The lowest BCUT2D eigenvalue weighted by molar-refractivity contribution is -0.469. The predicted molar refractivity (Wildman–Crippen MR) is 83.6 cm³/mol. The minimum Gasteiger partial charge on any atom is -0.497 e. The van der Waals surface area contributed by atoms with Crippen LogP contribution in [-0.4, -0.2) is 24.4 Å². The number of methoxy groups -OCH3 is 1. The van der Waals surface area contributed by atoms with Gasteiger partial charge in [-0.2, -0.15) is 0 Å². The first-order valence-electron chi connectivity index (χ1n) is 6.66. The van der Waals surface area contributed by atoms with E-state index in [-0.39, 0.29) is 11.4 Å². The second-order valence-corrected chi connectivity index (χ2v) is 4.63. The summed E-state index contributed by atoms with van der Waals surface area (Å²) in [5.74, 6) is 0.158. The van der Waals surface area contributed by atoms with Crippen molar-refractivity contribution in [1.82, 2.24) is 0 Å². The smallest absolute Gasteiger partial charge is 0.232 e. The Balaban J connectivity index is 2.38. The number of hydrogen-bond acceptors (Lipinski definition) is 4. The minimum atomic E-state index is -0.523.